The van der Waals surface area contributed by atoms with Gasteiger partial charge in [0, 0.05) is 28.6 Å². The number of benzene rings is 3. The first-order valence-electron chi connectivity index (χ1n) is 12.5. The van der Waals surface area contributed by atoms with Crippen LogP contribution in [0.25, 0.3) is 22.1 Å². The van der Waals surface area contributed by atoms with Crippen LogP contribution in [0.2, 0.25) is 5.02 Å². The van der Waals surface area contributed by atoms with Crippen LogP contribution in [-0.4, -0.2) is 36.2 Å². The Morgan fingerprint density at radius 2 is 1.78 bits per heavy atom. The summed E-state index contributed by atoms with van der Waals surface area (Å²) in [5.74, 6) is 0.878. The molecule has 1 aromatic heterocycles. The molecule has 2 heterocycles. The van der Waals surface area contributed by atoms with E-state index in [1.54, 1.807) is 12.1 Å². The maximum atomic E-state index is 13.2. The summed E-state index contributed by atoms with van der Waals surface area (Å²) >= 11 is 6.57. The number of piperidine rings is 1. The van der Waals surface area contributed by atoms with Gasteiger partial charge in [-0.1, -0.05) is 42.3 Å². The number of nitrogens with zero attached hydrogens (tertiary/aromatic N) is 1. The van der Waals surface area contributed by atoms with Crippen molar-refractivity contribution in [3.63, 3.8) is 0 Å². The number of rotatable bonds is 7. The molecule has 1 fully saturated rings. The predicted molar refractivity (Wildman–Crippen MR) is 144 cm³/mol. The van der Waals surface area contributed by atoms with Gasteiger partial charge in [-0.2, -0.15) is 0 Å². The zero-order valence-corrected chi connectivity index (χ0v) is 21.2. The third kappa shape index (κ3) is 5.43. The van der Waals surface area contributed by atoms with Gasteiger partial charge in [0.1, 0.15) is 23.7 Å². The summed E-state index contributed by atoms with van der Waals surface area (Å²) in [6.45, 7) is 5.89. The zero-order chi connectivity index (χ0) is 25.1. The summed E-state index contributed by atoms with van der Waals surface area (Å²) in [7, 11) is 0. The summed E-state index contributed by atoms with van der Waals surface area (Å²) in [6.07, 6.45) is 4.38. The molecule has 186 valence electrons. The molecule has 1 saturated heterocycles. The summed E-state index contributed by atoms with van der Waals surface area (Å²) in [6, 6.07) is 18.5. The van der Waals surface area contributed by atoms with Gasteiger partial charge in [0.05, 0.1) is 5.56 Å². The third-order valence-corrected chi connectivity index (χ3v) is 7.13. The van der Waals surface area contributed by atoms with E-state index in [1.165, 1.54) is 25.3 Å². The van der Waals surface area contributed by atoms with Gasteiger partial charge < -0.3 is 14.3 Å². The molecule has 36 heavy (non-hydrogen) atoms. The first-order valence-corrected chi connectivity index (χ1v) is 12.8. The Labute approximate surface area is 215 Å². The minimum absolute atomic E-state index is 0.0452. The molecule has 0 aliphatic carbocycles. The Morgan fingerprint density at radius 1 is 1.00 bits per heavy atom. The average Bonchev–Trinajstić information content (AvgIpc) is 2.86. The van der Waals surface area contributed by atoms with Crippen LogP contribution in [0.3, 0.4) is 0 Å². The molecule has 0 saturated carbocycles. The second-order valence-corrected chi connectivity index (χ2v) is 9.89. The number of aryl methyl sites for hydroxylation is 1. The Hall–Kier alpha value is -3.28. The molecule has 6 heteroatoms. The lowest BCUT2D eigenvalue weighted by Gasteiger charge is -2.26. The van der Waals surface area contributed by atoms with Crippen LogP contribution in [-0.2, 0) is 6.42 Å². The van der Waals surface area contributed by atoms with E-state index in [0.29, 0.717) is 34.8 Å². The van der Waals surface area contributed by atoms with E-state index in [1.807, 2.05) is 49.4 Å². The average molecular weight is 504 g/mol. The highest BCUT2D eigenvalue weighted by Gasteiger charge is 2.19. The number of phenolic OH excluding ortho intramolecular Hbond substituents is 1. The van der Waals surface area contributed by atoms with Crippen molar-refractivity contribution < 1.29 is 14.3 Å². The molecule has 5 nitrogen and oxygen atoms in total. The molecule has 0 unspecified atom stereocenters. The molecular weight excluding hydrogens is 474 g/mol. The van der Waals surface area contributed by atoms with Crippen LogP contribution in [0.1, 0.15) is 36.0 Å². The predicted octanol–water partition coefficient (Wildman–Crippen LogP) is 6.58. The molecule has 0 bridgehead atoms. The molecule has 5 rings (SSSR count). The molecular formula is C30H30ClNO4. The van der Waals surface area contributed by atoms with E-state index in [4.69, 9.17) is 20.8 Å². The van der Waals surface area contributed by atoms with E-state index < -0.39 is 5.63 Å². The van der Waals surface area contributed by atoms with Gasteiger partial charge in [-0.3, -0.25) is 4.90 Å². The van der Waals surface area contributed by atoms with Crippen LogP contribution >= 0.6 is 11.6 Å². The maximum Gasteiger partial charge on any atom is 0.344 e. The quantitative estimate of drug-likeness (QED) is 0.288. The molecule has 4 aromatic rings. The maximum absolute atomic E-state index is 13.2. The monoisotopic (exact) mass is 503 g/mol. The van der Waals surface area contributed by atoms with Crippen molar-refractivity contribution in [2.24, 2.45) is 0 Å². The number of halogens is 1. The lowest BCUT2D eigenvalue weighted by Crippen LogP contribution is -2.33. The number of fused-ring (bicyclic) bond motifs is 1. The topological polar surface area (TPSA) is 62.9 Å². The first-order chi connectivity index (χ1) is 17.5. The van der Waals surface area contributed by atoms with E-state index in [0.717, 1.165) is 47.5 Å². The summed E-state index contributed by atoms with van der Waals surface area (Å²) in [4.78, 5) is 15.6. The van der Waals surface area contributed by atoms with Crippen molar-refractivity contribution in [1.29, 1.82) is 0 Å². The highest BCUT2D eigenvalue weighted by molar-refractivity contribution is 6.33. The van der Waals surface area contributed by atoms with Crippen molar-refractivity contribution in [2.45, 2.75) is 32.6 Å². The lowest BCUT2D eigenvalue weighted by atomic mass is 9.93. The summed E-state index contributed by atoms with van der Waals surface area (Å²) in [5.41, 5.74) is 3.80. The molecule has 1 aliphatic heterocycles. The normalized spacial score (nSPS) is 14.3. The molecule has 0 amide bonds. The number of phenols is 1. The minimum Gasteiger partial charge on any atom is -0.508 e. The highest BCUT2D eigenvalue weighted by Crippen LogP contribution is 2.35. The number of hydrogen-bond donors (Lipinski definition) is 1. The Kier molecular flexibility index (Phi) is 7.30. The largest absolute Gasteiger partial charge is 0.508 e. The summed E-state index contributed by atoms with van der Waals surface area (Å²) in [5, 5.41) is 11.2. The fourth-order valence-corrected chi connectivity index (χ4v) is 5.25. The Balaban J connectivity index is 1.44. The minimum atomic E-state index is -0.480. The molecule has 0 atom stereocenters. The zero-order valence-electron chi connectivity index (χ0n) is 20.4. The smallest absolute Gasteiger partial charge is 0.344 e. The standard InChI is InChI=1S/C30H30ClNO4/c1-20-5-11-25(27(31)17-20)29-26(24-12-8-22(33)19-28(24)36-30(29)34)18-21-6-9-23(10-7-21)35-16-15-32-13-3-2-4-14-32/h5-12,17,19,33H,2-4,13-16,18H2,1H3. The third-order valence-electron chi connectivity index (χ3n) is 6.82. The van der Waals surface area contributed by atoms with Crippen LogP contribution < -0.4 is 10.4 Å². The number of likely N-dealkylation sites (tertiary alicyclic amines) is 1. The number of ether oxygens (including phenoxy) is 1. The Bertz CT molecular complexity index is 1420. The van der Waals surface area contributed by atoms with Crippen LogP contribution in [0, 0.1) is 6.92 Å². The summed E-state index contributed by atoms with van der Waals surface area (Å²) < 4.78 is 11.6. The van der Waals surface area contributed by atoms with E-state index in [2.05, 4.69) is 4.90 Å². The van der Waals surface area contributed by atoms with Gasteiger partial charge in [0.25, 0.3) is 0 Å². The van der Waals surface area contributed by atoms with Crippen molar-refractivity contribution in [1.82, 2.24) is 4.90 Å². The van der Waals surface area contributed by atoms with Gasteiger partial charge in [-0.15, -0.1) is 0 Å². The highest BCUT2D eigenvalue weighted by atomic mass is 35.5. The first kappa shape index (κ1) is 24.4. The van der Waals surface area contributed by atoms with Crippen LogP contribution in [0.15, 0.2) is 69.9 Å². The van der Waals surface area contributed by atoms with Crippen molar-refractivity contribution in [3.8, 4) is 22.6 Å². The van der Waals surface area contributed by atoms with Crippen molar-refractivity contribution in [2.75, 3.05) is 26.2 Å². The van der Waals surface area contributed by atoms with Gasteiger partial charge >= 0.3 is 5.63 Å². The van der Waals surface area contributed by atoms with Crippen LogP contribution in [0.4, 0.5) is 0 Å². The van der Waals surface area contributed by atoms with Crippen molar-refractivity contribution >= 4 is 22.6 Å². The molecule has 0 spiro atoms. The molecule has 1 N–H and O–H groups in total. The molecule has 0 radical (unpaired) electrons. The number of hydrogen-bond acceptors (Lipinski definition) is 5. The second-order valence-electron chi connectivity index (χ2n) is 9.48. The van der Waals surface area contributed by atoms with E-state index in [-0.39, 0.29) is 5.75 Å². The lowest BCUT2D eigenvalue weighted by molar-refractivity contribution is 0.183. The Morgan fingerprint density at radius 3 is 2.53 bits per heavy atom. The van der Waals surface area contributed by atoms with E-state index >= 15 is 0 Å². The fourth-order valence-electron chi connectivity index (χ4n) is 4.92. The van der Waals surface area contributed by atoms with Gasteiger partial charge in [-0.05, 0) is 86.3 Å². The second kappa shape index (κ2) is 10.8. The molecule has 1 aliphatic rings. The van der Waals surface area contributed by atoms with Gasteiger partial charge in [-0.25, -0.2) is 4.79 Å². The fraction of sp³-hybridized carbons (Fsp3) is 0.300. The van der Waals surface area contributed by atoms with Crippen molar-refractivity contribution in [3.05, 3.63) is 92.8 Å². The van der Waals surface area contributed by atoms with Gasteiger partial charge in [0.2, 0.25) is 0 Å². The SMILES string of the molecule is Cc1ccc(-c2c(Cc3ccc(OCCN4CCCCC4)cc3)c3ccc(O)cc3oc2=O)c(Cl)c1. The molecule has 3 aromatic carbocycles. The van der Waals surface area contributed by atoms with E-state index in [9.17, 15) is 9.90 Å². The van der Waals surface area contributed by atoms with Gasteiger partial charge in [0.15, 0.2) is 0 Å². The number of aromatic hydroxyl groups is 1. The van der Waals surface area contributed by atoms with Crippen LogP contribution in [0.5, 0.6) is 11.5 Å².